The second-order valence-corrected chi connectivity index (χ2v) is 6.65. The molecule has 0 saturated carbocycles. The summed E-state index contributed by atoms with van der Waals surface area (Å²) in [6.45, 7) is 6.97. The zero-order valence-corrected chi connectivity index (χ0v) is 12.8. The number of benzene rings is 1. The fourth-order valence-electron chi connectivity index (χ4n) is 2.17. The predicted octanol–water partition coefficient (Wildman–Crippen LogP) is 5.01. The van der Waals surface area contributed by atoms with Crippen molar-refractivity contribution in [2.45, 2.75) is 33.4 Å². The maximum atomic E-state index is 13.2. The first kappa shape index (κ1) is 14.5. The summed E-state index contributed by atoms with van der Waals surface area (Å²) in [5.74, 6) is -0.292. The summed E-state index contributed by atoms with van der Waals surface area (Å²) in [5.41, 5.74) is 2.17. The maximum absolute atomic E-state index is 13.2. The van der Waals surface area contributed by atoms with Crippen LogP contribution in [0.4, 0.5) is 4.39 Å². The highest BCUT2D eigenvalue weighted by molar-refractivity contribution is 7.12. The molecule has 1 atom stereocenters. The Morgan fingerprint density at radius 1 is 1.26 bits per heavy atom. The Bertz CT molecular complexity index is 559. The van der Waals surface area contributed by atoms with E-state index in [4.69, 9.17) is 11.6 Å². The van der Waals surface area contributed by atoms with E-state index in [1.807, 2.05) is 0 Å². The standard InChI is InChI=1S/C15H17ClFNS/c1-9-4-15(11(3)19-9)10(2)18-8-12-5-13(16)7-14(17)6-12/h4-7,10,18H,8H2,1-3H3. The average molecular weight is 298 g/mol. The van der Waals surface area contributed by atoms with Gasteiger partial charge in [-0.1, -0.05) is 11.6 Å². The molecule has 0 amide bonds. The topological polar surface area (TPSA) is 12.0 Å². The van der Waals surface area contributed by atoms with E-state index in [0.29, 0.717) is 11.6 Å². The summed E-state index contributed by atoms with van der Waals surface area (Å²) in [4.78, 5) is 2.64. The molecule has 1 aromatic carbocycles. The summed E-state index contributed by atoms with van der Waals surface area (Å²) >= 11 is 7.65. The molecule has 0 bridgehead atoms. The fourth-order valence-corrected chi connectivity index (χ4v) is 3.44. The van der Waals surface area contributed by atoms with Gasteiger partial charge < -0.3 is 5.32 Å². The SMILES string of the molecule is Cc1cc(C(C)NCc2cc(F)cc(Cl)c2)c(C)s1. The number of thiophene rings is 1. The van der Waals surface area contributed by atoms with Gasteiger partial charge in [-0.2, -0.15) is 0 Å². The van der Waals surface area contributed by atoms with Crippen molar-refractivity contribution in [3.63, 3.8) is 0 Å². The molecule has 1 nitrogen and oxygen atoms in total. The van der Waals surface area contributed by atoms with Crippen LogP contribution >= 0.6 is 22.9 Å². The summed E-state index contributed by atoms with van der Waals surface area (Å²) in [5, 5.41) is 3.84. The van der Waals surface area contributed by atoms with E-state index in [0.717, 1.165) is 5.56 Å². The monoisotopic (exact) mass is 297 g/mol. The molecule has 0 fully saturated rings. The van der Waals surface area contributed by atoms with Crippen molar-refractivity contribution in [1.82, 2.24) is 5.32 Å². The molecule has 4 heteroatoms. The molecule has 2 rings (SSSR count). The molecule has 0 aliphatic heterocycles. The van der Waals surface area contributed by atoms with Crippen LogP contribution in [0, 0.1) is 19.7 Å². The zero-order valence-electron chi connectivity index (χ0n) is 11.3. The van der Waals surface area contributed by atoms with Crippen molar-refractivity contribution in [3.8, 4) is 0 Å². The number of aryl methyl sites for hydroxylation is 2. The van der Waals surface area contributed by atoms with E-state index in [2.05, 4.69) is 32.2 Å². The minimum atomic E-state index is -0.292. The van der Waals surface area contributed by atoms with Crippen LogP contribution < -0.4 is 5.32 Å². The molecule has 0 saturated heterocycles. The lowest BCUT2D eigenvalue weighted by Gasteiger charge is -2.14. The summed E-state index contributed by atoms with van der Waals surface area (Å²) in [7, 11) is 0. The van der Waals surface area contributed by atoms with Crippen molar-refractivity contribution in [2.24, 2.45) is 0 Å². The Kier molecular flexibility index (Phi) is 4.61. The van der Waals surface area contributed by atoms with Crippen LogP contribution in [0.3, 0.4) is 0 Å². The summed E-state index contributed by atoms with van der Waals surface area (Å²) < 4.78 is 13.2. The second-order valence-electron chi connectivity index (χ2n) is 4.75. The normalized spacial score (nSPS) is 12.7. The number of hydrogen-bond acceptors (Lipinski definition) is 2. The van der Waals surface area contributed by atoms with Gasteiger partial charge in [-0.25, -0.2) is 4.39 Å². The third-order valence-corrected chi connectivity index (χ3v) is 4.28. The minimum absolute atomic E-state index is 0.243. The highest BCUT2D eigenvalue weighted by Crippen LogP contribution is 2.26. The smallest absolute Gasteiger partial charge is 0.125 e. The van der Waals surface area contributed by atoms with Gasteiger partial charge in [0, 0.05) is 27.4 Å². The molecule has 0 radical (unpaired) electrons. The molecule has 2 aromatic rings. The molecular weight excluding hydrogens is 281 g/mol. The van der Waals surface area contributed by atoms with Crippen LogP contribution in [0.5, 0.6) is 0 Å². The maximum Gasteiger partial charge on any atom is 0.125 e. The summed E-state index contributed by atoms with van der Waals surface area (Å²) in [6, 6.07) is 7.07. The van der Waals surface area contributed by atoms with Crippen molar-refractivity contribution in [2.75, 3.05) is 0 Å². The van der Waals surface area contributed by atoms with Gasteiger partial charge in [0.05, 0.1) is 0 Å². The van der Waals surface area contributed by atoms with E-state index < -0.39 is 0 Å². The van der Waals surface area contributed by atoms with Gasteiger partial charge in [0.1, 0.15) is 5.82 Å². The van der Waals surface area contributed by atoms with Gasteiger partial charge in [0.2, 0.25) is 0 Å². The number of rotatable bonds is 4. The summed E-state index contributed by atoms with van der Waals surface area (Å²) in [6.07, 6.45) is 0. The van der Waals surface area contributed by atoms with E-state index in [-0.39, 0.29) is 11.9 Å². The van der Waals surface area contributed by atoms with Crippen LogP contribution in [0.1, 0.15) is 33.8 Å². The van der Waals surface area contributed by atoms with Crippen LogP contribution in [0.2, 0.25) is 5.02 Å². The quantitative estimate of drug-likeness (QED) is 0.836. The van der Waals surface area contributed by atoms with Crippen molar-refractivity contribution >= 4 is 22.9 Å². The van der Waals surface area contributed by atoms with Gasteiger partial charge in [0.25, 0.3) is 0 Å². The highest BCUT2D eigenvalue weighted by Gasteiger charge is 2.11. The van der Waals surface area contributed by atoms with Gasteiger partial charge in [0.15, 0.2) is 0 Å². The first-order valence-electron chi connectivity index (χ1n) is 6.21. The van der Waals surface area contributed by atoms with Crippen LogP contribution in [-0.4, -0.2) is 0 Å². The molecule has 0 spiro atoms. The molecule has 1 unspecified atom stereocenters. The lowest BCUT2D eigenvalue weighted by atomic mass is 10.1. The number of hydrogen-bond donors (Lipinski definition) is 1. The van der Waals surface area contributed by atoms with E-state index in [1.165, 1.54) is 27.5 Å². The third-order valence-electron chi connectivity index (χ3n) is 3.08. The Balaban J connectivity index is 2.04. The van der Waals surface area contributed by atoms with Crippen molar-refractivity contribution in [1.29, 1.82) is 0 Å². The molecule has 1 N–H and O–H groups in total. The first-order valence-corrected chi connectivity index (χ1v) is 7.40. The van der Waals surface area contributed by atoms with Crippen LogP contribution in [0.25, 0.3) is 0 Å². The number of halogens is 2. The third kappa shape index (κ3) is 3.78. The Morgan fingerprint density at radius 3 is 2.58 bits per heavy atom. The lowest BCUT2D eigenvalue weighted by Crippen LogP contribution is -2.18. The predicted molar refractivity (Wildman–Crippen MR) is 80.5 cm³/mol. The Morgan fingerprint density at radius 2 is 2.00 bits per heavy atom. The molecule has 1 heterocycles. The Labute approximate surface area is 122 Å². The van der Waals surface area contributed by atoms with Gasteiger partial charge >= 0.3 is 0 Å². The van der Waals surface area contributed by atoms with Crippen LogP contribution in [0.15, 0.2) is 24.3 Å². The zero-order chi connectivity index (χ0) is 14.0. The van der Waals surface area contributed by atoms with Crippen molar-refractivity contribution < 1.29 is 4.39 Å². The second kappa shape index (κ2) is 6.04. The fraction of sp³-hybridized carbons (Fsp3) is 0.333. The Hall–Kier alpha value is -0.900. The minimum Gasteiger partial charge on any atom is -0.306 e. The van der Waals surface area contributed by atoms with Gasteiger partial charge in [-0.3, -0.25) is 0 Å². The van der Waals surface area contributed by atoms with E-state index in [1.54, 1.807) is 17.4 Å². The highest BCUT2D eigenvalue weighted by atomic mass is 35.5. The average Bonchev–Trinajstić information content (AvgIpc) is 2.64. The van der Waals surface area contributed by atoms with E-state index in [9.17, 15) is 4.39 Å². The molecule has 0 aliphatic carbocycles. The first-order chi connectivity index (χ1) is 8.95. The molecule has 1 aromatic heterocycles. The van der Waals surface area contributed by atoms with Crippen molar-refractivity contribution in [3.05, 3.63) is 56.0 Å². The molecule has 0 aliphatic rings. The number of nitrogens with one attached hydrogen (secondary N) is 1. The lowest BCUT2D eigenvalue weighted by molar-refractivity contribution is 0.568. The van der Waals surface area contributed by atoms with Gasteiger partial charge in [-0.05, 0) is 56.2 Å². The molecule has 102 valence electrons. The molecule has 19 heavy (non-hydrogen) atoms. The molecular formula is C15H17ClFNS. The van der Waals surface area contributed by atoms with E-state index >= 15 is 0 Å². The van der Waals surface area contributed by atoms with Gasteiger partial charge in [-0.15, -0.1) is 11.3 Å². The van der Waals surface area contributed by atoms with Crippen LogP contribution in [-0.2, 0) is 6.54 Å². The largest absolute Gasteiger partial charge is 0.306 e.